The van der Waals surface area contributed by atoms with Crippen molar-refractivity contribution in [2.75, 3.05) is 20.2 Å². The standard InChI is InChI=1S/C13H24N2O4S/c1-19-13(16)11-6-2-3-7-12(11)20(17,18)15-8-4-5-10(14)9-15/h10-12H,2-9,14H2,1H3. The van der Waals surface area contributed by atoms with Crippen LogP contribution in [0.1, 0.15) is 38.5 Å². The minimum Gasteiger partial charge on any atom is -0.469 e. The van der Waals surface area contributed by atoms with Crippen molar-refractivity contribution in [3.8, 4) is 0 Å². The van der Waals surface area contributed by atoms with Gasteiger partial charge in [-0.15, -0.1) is 0 Å². The molecule has 1 saturated carbocycles. The largest absolute Gasteiger partial charge is 0.469 e. The number of ether oxygens (including phenoxy) is 1. The molecule has 2 rings (SSSR count). The van der Waals surface area contributed by atoms with Gasteiger partial charge in [-0.05, 0) is 25.7 Å². The van der Waals surface area contributed by atoms with E-state index in [1.165, 1.54) is 11.4 Å². The molecule has 0 aromatic rings. The van der Waals surface area contributed by atoms with Gasteiger partial charge in [0.2, 0.25) is 10.0 Å². The molecule has 1 saturated heterocycles. The van der Waals surface area contributed by atoms with Crippen LogP contribution in [-0.4, -0.2) is 50.2 Å². The van der Waals surface area contributed by atoms with Crippen molar-refractivity contribution in [3.05, 3.63) is 0 Å². The maximum Gasteiger partial charge on any atom is 0.310 e. The van der Waals surface area contributed by atoms with E-state index in [1.807, 2.05) is 0 Å². The average molecular weight is 304 g/mol. The van der Waals surface area contributed by atoms with Crippen molar-refractivity contribution in [3.63, 3.8) is 0 Å². The van der Waals surface area contributed by atoms with Crippen molar-refractivity contribution in [2.45, 2.75) is 49.8 Å². The molecule has 0 bridgehead atoms. The third-order valence-electron chi connectivity index (χ3n) is 4.37. The van der Waals surface area contributed by atoms with Crippen LogP contribution in [0.4, 0.5) is 0 Å². The molecule has 0 amide bonds. The topological polar surface area (TPSA) is 89.7 Å². The van der Waals surface area contributed by atoms with E-state index in [1.54, 1.807) is 0 Å². The van der Waals surface area contributed by atoms with Crippen LogP contribution in [0.3, 0.4) is 0 Å². The molecule has 0 aromatic heterocycles. The van der Waals surface area contributed by atoms with E-state index in [2.05, 4.69) is 0 Å². The number of hydrogen-bond donors (Lipinski definition) is 1. The Labute approximate surface area is 120 Å². The Morgan fingerprint density at radius 1 is 1.20 bits per heavy atom. The van der Waals surface area contributed by atoms with Crippen LogP contribution in [0.25, 0.3) is 0 Å². The number of methoxy groups -OCH3 is 1. The van der Waals surface area contributed by atoms with Crippen LogP contribution < -0.4 is 5.73 Å². The SMILES string of the molecule is COC(=O)C1CCCCC1S(=O)(=O)N1CCCC(N)C1. The number of nitrogens with zero attached hydrogens (tertiary/aromatic N) is 1. The first kappa shape index (κ1) is 15.7. The normalized spacial score (nSPS) is 32.8. The van der Waals surface area contributed by atoms with Gasteiger partial charge in [-0.2, -0.15) is 0 Å². The first-order chi connectivity index (χ1) is 9.46. The number of nitrogens with two attached hydrogens (primary N) is 1. The Hall–Kier alpha value is -0.660. The molecule has 20 heavy (non-hydrogen) atoms. The van der Waals surface area contributed by atoms with E-state index in [4.69, 9.17) is 10.5 Å². The van der Waals surface area contributed by atoms with Crippen LogP contribution in [0, 0.1) is 5.92 Å². The second kappa shape index (κ2) is 6.41. The first-order valence-corrected chi connectivity index (χ1v) is 8.79. The summed E-state index contributed by atoms with van der Waals surface area (Å²) in [4.78, 5) is 11.8. The number of esters is 1. The summed E-state index contributed by atoms with van der Waals surface area (Å²) in [5, 5.41) is -0.644. The maximum absolute atomic E-state index is 12.8. The second-order valence-electron chi connectivity index (χ2n) is 5.76. The van der Waals surface area contributed by atoms with Crippen LogP contribution >= 0.6 is 0 Å². The fourth-order valence-corrected chi connectivity index (χ4v) is 5.56. The summed E-state index contributed by atoms with van der Waals surface area (Å²) in [6.07, 6.45) is 4.50. The lowest BCUT2D eigenvalue weighted by molar-refractivity contribution is -0.146. The zero-order valence-corrected chi connectivity index (χ0v) is 12.8. The molecule has 116 valence electrons. The highest BCUT2D eigenvalue weighted by atomic mass is 32.2. The third-order valence-corrected chi connectivity index (χ3v) is 6.75. The number of carbonyl (C=O) groups excluding carboxylic acids is 1. The summed E-state index contributed by atoms with van der Waals surface area (Å²) >= 11 is 0. The van der Waals surface area contributed by atoms with Gasteiger partial charge in [0, 0.05) is 19.1 Å². The summed E-state index contributed by atoms with van der Waals surface area (Å²) in [6.45, 7) is 0.882. The zero-order valence-electron chi connectivity index (χ0n) is 12.0. The van der Waals surface area contributed by atoms with Crippen molar-refractivity contribution in [1.82, 2.24) is 4.31 Å². The average Bonchev–Trinajstić information content (AvgIpc) is 2.46. The Morgan fingerprint density at radius 3 is 2.55 bits per heavy atom. The van der Waals surface area contributed by atoms with Crippen LogP contribution in [0.2, 0.25) is 0 Å². The van der Waals surface area contributed by atoms with Gasteiger partial charge in [-0.3, -0.25) is 4.79 Å². The molecule has 3 atom stereocenters. The van der Waals surface area contributed by atoms with E-state index in [-0.39, 0.29) is 6.04 Å². The number of carbonyl (C=O) groups is 1. The molecule has 6 nitrogen and oxygen atoms in total. The molecule has 3 unspecified atom stereocenters. The van der Waals surface area contributed by atoms with Crippen LogP contribution in [0.15, 0.2) is 0 Å². The Bertz CT molecular complexity index is 451. The number of piperidine rings is 1. The first-order valence-electron chi connectivity index (χ1n) is 7.29. The molecule has 0 radical (unpaired) electrons. The predicted octanol–water partition coefficient (Wildman–Crippen LogP) is 0.471. The molecule has 0 aromatic carbocycles. The monoisotopic (exact) mass is 304 g/mol. The molecule has 2 aliphatic rings. The summed E-state index contributed by atoms with van der Waals surface area (Å²) in [5.41, 5.74) is 5.87. The third kappa shape index (κ3) is 3.15. The Kier molecular flexibility index (Phi) is 5.04. The van der Waals surface area contributed by atoms with Gasteiger partial charge in [-0.25, -0.2) is 12.7 Å². The molecule has 7 heteroatoms. The van der Waals surface area contributed by atoms with Gasteiger partial charge >= 0.3 is 5.97 Å². The van der Waals surface area contributed by atoms with E-state index >= 15 is 0 Å². The van der Waals surface area contributed by atoms with Crippen LogP contribution in [-0.2, 0) is 19.6 Å². The smallest absolute Gasteiger partial charge is 0.310 e. The Morgan fingerprint density at radius 2 is 1.90 bits per heavy atom. The summed E-state index contributed by atoms with van der Waals surface area (Å²) in [5.74, 6) is -0.934. The lowest BCUT2D eigenvalue weighted by Crippen LogP contribution is -2.51. The van der Waals surface area contributed by atoms with Crippen molar-refractivity contribution < 1.29 is 17.9 Å². The lowest BCUT2D eigenvalue weighted by atomic mass is 9.89. The maximum atomic E-state index is 12.8. The molecule has 1 heterocycles. The molecular weight excluding hydrogens is 280 g/mol. The van der Waals surface area contributed by atoms with E-state index in [0.29, 0.717) is 25.9 Å². The predicted molar refractivity (Wildman–Crippen MR) is 75.5 cm³/mol. The van der Waals surface area contributed by atoms with Gasteiger partial charge in [0.15, 0.2) is 0 Å². The van der Waals surface area contributed by atoms with Gasteiger partial charge in [0.05, 0.1) is 18.3 Å². The molecule has 2 N–H and O–H groups in total. The van der Waals surface area contributed by atoms with E-state index < -0.39 is 27.2 Å². The van der Waals surface area contributed by atoms with Gasteiger partial charge in [-0.1, -0.05) is 12.8 Å². The van der Waals surface area contributed by atoms with Gasteiger partial charge in [0.1, 0.15) is 0 Å². The van der Waals surface area contributed by atoms with E-state index in [9.17, 15) is 13.2 Å². The number of sulfonamides is 1. The fraction of sp³-hybridized carbons (Fsp3) is 0.923. The van der Waals surface area contributed by atoms with Crippen molar-refractivity contribution in [2.24, 2.45) is 11.7 Å². The van der Waals surface area contributed by atoms with Gasteiger partial charge < -0.3 is 10.5 Å². The lowest BCUT2D eigenvalue weighted by Gasteiger charge is -2.36. The molecule has 0 spiro atoms. The highest BCUT2D eigenvalue weighted by Crippen LogP contribution is 2.33. The van der Waals surface area contributed by atoms with E-state index in [0.717, 1.165) is 25.7 Å². The second-order valence-corrected chi connectivity index (χ2v) is 7.91. The highest BCUT2D eigenvalue weighted by Gasteiger charge is 2.43. The summed E-state index contributed by atoms with van der Waals surface area (Å²) in [6, 6.07) is -0.0984. The minimum atomic E-state index is -3.47. The van der Waals surface area contributed by atoms with Crippen molar-refractivity contribution in [1.29, 1.82) is 0 Å². The number of hydrogen-bond acceptors (Lipinski definition) is 5. The highest BCUT2D eigenvalue weighted by molar-refractivity contribution is 7.89. The minimum absolute atomic E-state index is 0.0984. The molecule has 1 aliphatic heterocycles. The molecule has 1 aliphatic carbocycles. The summed E-state index contributed by atoms with van der Waals surface area (Å²) < 4.78 is 31.8. The van der Waals surface area contributed by atoms with Crippen LogP contribution in [0.5, 0.6) is 0 Å². The fourth-order valence-electron chi connectivity index (χ4n) is 3.27. The molecular formula is C13H24N2O4S. The van der Waals surface area contributed by atoms with Gasteiger partial charge in [0.25, 0.3) is 0 Å². The zero-order chi connectivity index (χ0) is 14.8. The van der Waals surface area contributed by atoms with Crippen molar-refractivity contribution >= 4 is 16.0 Å². The Balaban J connectivity index is 2.19. The summed E-state index contributed by atoms with van der Waals surface area (Å²) in [7, 11) is -2.15. The molecule has 2 fully saturated rings. The quantitative estimate of drug-likeness (QED) is 0.766. The number of rotatable bonds is 3.